The van der Waals surface area contributed by atoms with Crippen LogP contribution >= 0.6 is 0 Å². The van der Waals surface area contributed by atoms with Gasteiger partial charge in [-0.25, -0.2) is 9.78 Å². The first-order valence-electron chi connectivity index (χ1n) is 10.6. The van der Waals surface area contributed by atoms with E-state index >= 15 is 0 Å². The van der Waals surface area contributed by atoms with Crippen LogP contribution < -0.4 is 11.2 Å². The molecule has 1 amide bonds. The minimum Gasteiger partial charge on any atom is -0.388 e. The molecule has 3 heterocycles. The number of fused-ring (bicyclic) bond motifs is 1. The van der Waals surface area contributed by atoms with E-state index in [4.69, 9.17) is 0 Å². The minimum absolute atomic E-state index is 0.0986. The largest absolute Gasteiger partial charge is 0.388 e. The fourth-order valence-electron chi connectivity index (χ4n) is 4.26. The van der Waals surface area contributed by atoms with Gasteiger partial charge in [0.05, 0.1) is 22.7 Å². The molecule has 2 atom stereocenters. The lowest BCUT2D eigenvalue weighted by Crippen LogP contribution is -2.55. The summed E-state index contributed by atoms with van der Waals surface area (Å²) in [5.41, 5.74) is -0.513. The highest BCUT2D eigenvalue weighted by Crippen LogP contribution is 2.31. The number of aryl methyl sites for hydroxylation is 1. The van der Waals surface area contributed by atoms with Crippen LogP contribution in [0.15, 0.2) is 46.1 Å². The number of rotatable bonds is 5. The molecule has 1 fully saturated rings. The summed E-state index contributed by atoms with van der Waals surface area (Å²) in [6, 6.07) is 8.33. The van der Waals surface area contributed by atoms with Crippen molar-refractivity contribution < 1.29 is 9.90 Å². The molecule has 3 aromatic rings. The number of hydrogen-bond donors (Lipinski definition) is 2. The Bertz CT molecular complexity index is 1220. The van der Waals surface area contributed by atoms with Crippen molar-refractivity contribution >= 4 is 16.9 Å². The van der Waals surface area contributed by atoms with Crippen molar-refractivity contribution in [1.82, 2.24) is 24.0 Å². The topological polar surface area (TPSA) is 113 Å². The number of likely N-dealkylation sites (tertiary alicyclic amines) is 1. The summed E-state index contributed by atoms with van der Waals surface area (Å²) in [4.78, 5) is 45.5. The SMILES string of the molecule is CCCc1nc2ccccc2n1CC(=O)N1CC[C@@](C)(O)[C@H](n2ccc(=O)[nH]c2=O)C1. The molecule has 0 spiro atoms. The Labute approximate surface area is 179 Å². The first-order valence-corrected chi connectivity index (χ1v) is 10.6. The number of imidazole rings is 1. The first kappa shape index (κ1) is 21.0. The van der Waals surface area contributed by atoms with E-state index in [0.29, 0.717) is 13.0 Å². The van der Waals surface area contributed by atoms with Crippen molar-refractivity contribution in [2.24, 2.45) is 0 Å². The molecule has 1 aromatic carbocycles. The third kappa shape index (κ3) is 4.05. The summed E-state index contributed by atoms with van der Waals surface area (Å²) >= 11 is 0. The van der Waals surface area contributed by atoms with Crippen LogP contribution in [-0.2, 0) is 17.8 Å². The number of aromatic nitrogens is 4. The summed E-state index contributed by atoms with van der Waals surface area (Å²) in [5.74, 6) is 0.771. The molecule has 1 aliphatic rings. The highest BCUT2D eigenvalue weighted by Gasteiger charge is 2.40. The molecule has 0 aliphatic carbocycles. The zero-order valence-electron chi connectivity index (χ0n) is 17.7. The third-order valence-electron chi connectivity index (χ3n) is 6.04. The summed E-state index contributed by atoms with van der Waals surface area (Å²) in [6.07, 6.45) is 3.38. The van der Waals surface area contributed by atoms with Gasteiger partial charge < -0.3 is 14.6 Å². The Morgan fingerprint density at radius 3 is 2.81 bits per heavy atom. The Balaban J connectivity index is 1.61. The quantitative estimate of drug-likeness (QED) is 0.635. The number of carbonyl (C=O) groups is 1. The highest BCUT2D eigenvalue weighted by atomic mass is 16.3. The van der Waals surface area contributed by atoms with E-state index in [9.17, 15) is 19.5 Å². The van der Waals surface area contributed by atoms with Crippen LogP contribution in [0.4, 0.5) is 0 Å². The van der Waals surface area contributed by atoms with Gasteiger partial charge in [-0.1, -0.05) is 19.1 Å². The van der Waals surface area contributed by atoms with Crippen molar-refractivity contribution in [3.8, 4) is 0 Å². The standard InChI is InChI=1S/C22H27N5O4/c1-3-6-18-23-15-7-4-5-8-16(15)27(18)14-20(29)25-12-10-22(2,31)17(13-25)26-11-9-19(28)24-21(26)30/h4-5,7-9,11,17,31H,3,6,10,12-14H2,1-2H3,(H,24,28,30)/t17-,22-/m1/s1. The molecule has 2 N–H and O–H groups in total. The predicted molar refractivity (Wildman–Crippen MR) is 116 cm³/mol. The average Bonchev–Trinajstić information content (AvgIpc) is 3.06. The van der Waals surface area contributed by atoms with Gasteiger partial charge in [-0.2, -0.15) is 0 Å². The third-order valence-corrected chi connectivity index (χ3v) is 6.04. The van der Waals surface area contributed by atoms with Crippen LogP contribution in [0, 0.1) is 0 Å². The molecule has 9 heteroatoms. The summed E-state index contributed by atoms with van der Waals surface area (Å²) in [6.45, 7) is 4.43. The number of para-hydroxylation sites is 2. The molecule has 4 rings (SSSR count). The minimum atomic E-state index is -1.19. The lowest BCUT2D eigenvalue weighted by molar-refractivity contribution is -0.138. The second-order valence-electron chi connectivity index (χ2n) is 8.33. The number of amides is 1. The molecule has 1 aliphatic heterocycles. The van der Waals surface area contributed by atoms with Crippen molar-refractivity contribution in [3.63, 3.8) is 0 Å². The van der Waals surface area contributed by atoms with Gasteiger partial charge in [0.2, 0.25) is 5.91 Å². The van der Waals surface area contributed by atoms with Crippen LogP contribution in [0.1, 0.15) is 38.6 Å². The molecule has 31 heavy (non-hydrogen) atoms. The lowest BCUT2D eigenvalue weighted by atomic mass is 9.88. The van der Waals surface area contributed by atoms with Gasteiger partial charge in [-0.15, -0.1) is 0 Å². The van der Waals surface area contributed by atoms with Crippen LogP contribution in [0.2, 0.25) is 0 Å². The van der Waals surface area contributed by atoms with E-state index in [-0.39, 0.29) is 19.0 Å². The smallest absolute Gasteiger partial charge is 0.328 e. The second kappa shape index (κ2) is 8.14. The number of aromatic amines is 1. The molecular weight excluding hydrogens is 398 g/mol. The fourth-order valence-corrected chi connectivity index (χ4v) is 4.26. The van der Waals surface area contributed by atoms with E-state index < -0.39 is 22.9 Å². The number of nitrogens with zero attached hydrogens (tertiary/aromatic N) is 4. The normalized spacial score (nSPS) is 21.5. The van der Waals surface area contributed by atoms with Gasteiger partial charge >= 0.3 is 5.69 Å². The van der Waals surface area contributed by atoms with Gasteiger partial charge in [0.1, 0.15) is 12.4 Å². The molecular formula is C22H27N5O4. The molecule has 0 unspecified atom stereocenters. The maximum atomic E-state index is 13.2. The highest BCUT2D eigenvalue weighted by molar-refractivity contribution is 5.81. The second-order valence-corrected chi connectivity index (χ2v) is 8.33. The van der Waals surface area contributed by atoms with Crippen molar-refractivity contribution in [2.75, 3.05) is 13.1 Å². The van der Waals surface area contributed by atoms with E-state index in [0.717, 1.165) is 29.7 Å². The van der Waals surface area contributed by atoms with E-state index in [1.165, 1.54) is 16.8 Å². The zero-order chi connectivity index (χ0) is 22.2. The lowest BCUT2D eigenvalue weighted by Gasteiger charge is -2.43. The van der Waals surface area contributed by atoms with Crippen LogP contribution in [-0.4, -0.2) is 53.7 Å². The number of aliphatic hydroxyl groups is 1. The predicted octanol–water partition coefficient (Wildman–Crippen LogP) is 1.06. The van der Waals surface area contributed by atoms with E-state index in [1.807, 2.05) is 28.8 Å². The maximum Gasteiger partial charge on any atom is 0.328 e. The number of benzene rings is 1. The van der Waals surface area contributed by atoms with Crippen LogP contribution in [0.5, 0.6) is 0 Å². The van der Waals surface area contributed by atoms with Crippen molar-refractivity contribution in [2.45, 2.75) is 51.3 Å². The van der Waals surface area contributed by atoms with E-state index in [1.54, 1.807) is 11.8 Å². The van der Waals surface area contributed by atoms with Crippen LogP contribution in [0.3, 0.4) is 0 Å². The zero-order valence-corrected chi connectivity index (χ0v) is 17.7. The fraction of sp³-hybridized carbons (Fsp3) is 0.455. The van der Waals surface area contributed by atoms with Crippen LogP contribution in [0.25, 0.3) is 11.0 Å². The summed E-state index contributed by atoms with van der Waals surface area (Å²) < 4.78 is 3.26. The van der Waals surface area contributed by atoms with Crippen molar-refractivity contribution in [1.29, 1.82) is 0 Å². The van der Waals surface area contributed by atoms with Gasteiger partial charge in [0.15, 0.2) is 0 Å². The molecule has 1 saturated heterocycles. The number of hydrogen-bond acceptors (Lipinski definition) is 5. The van der Waals surface area contributed by atoms with Crippen molar-refractivity contribution in [3.05, 3.63) is 63.2 Å². The average molecular weight is 425 g/mol. The molecule has 0 bridgehead atoms. The van der Waals surface area contributed by atoms with Gasteiger partial charge in [-0.05, 0) is 31.9 Å². The molecule has 164 valence electrons. The Morgan fingerprint density at radius 1 is 1.29 bits per heavy atom. The Hall–Kier alpha value is -3.20. The summed E-state index contributed by atoms with van der Waals surface area (Å²) in [5, 5.41) is 10.9. The molecule has 0 saturated carbocycles. The number of H-pyrrole nitrogens is 1. The Morgan fingerprint density at radius 2 is 2.06 bits per heavy atom. The molecule has 9 nitrogen and oxygen atoms in total. The maximum absolute atomic E-state index is 13.2. The van der Waals surface area contributed by atoms with Gasteiger partial charge in [-0.3, -0.25) is 19.1 Å². The summed E-state index contributed by atoms with van der Waals surface area (Å²) in [7, 11) is 0. The first-order chi connectivity index (χ1) is 14.8. The number of piperidine rings is 1. The molecule has 0 radical (unpaired) electrons. The van der Waals surface area contributed by atoms with Gasteiger partial charge in [0, 0.05) is 31.8 Å². The van der Waals surface area contributed by atoms with E-state index in [2.05, 4.69) is 16.9 Å². The molecule has 2 aromatic heterocycles. The van der Waals surface area contributed by atoms with Gasteiger partial charge in [0.25, 0.3) is 5.56 Å². The Kier molecular flexibility index (Phi) is 5.53. The number of carbonyl (C=O) groups excluding carboxylic acids is 1. The monoisotopic (exact) mass is 425 g/mol. The number of nitrogens with one attached hydrogen (secondary N) is 1.